The van der Waals surface area contributed by atoms with Crippen molar-refractivity contribution >= 4 is 35.8 Å². The van der Waals surface area contributed by atoms with Crippen molar-refractivity contribution in [3.05, 3.63) is 23.9 Å². The van der Waals surface area contributed by atoms with E-state index in [9.17, 15) is 0 Å². The predicted octanol–water partition coefficient (Wildman–Crippen LogP) is 3.16. The van der Waals surface area contributed by atoms with Crippen LogP contribution in [0.3, 0.4) is 0 Å². The maximum atomic E-state index is 4.49. The smallest absolute Gasteiger partial charge is 0.191 e. The molecule has 2 N–H and O–H groups in total. The molecule has 1 aromatic heterocycles. The maximum absolute atomic E-state index is 4.49. The second kappa shape index (κ2) is 11.5. The van der Waals surface area contributed by atoms with Crippen LogP contribution in [0.4, 0.5) is 5.82 Å². The van der Waals surface area contributed by atoms with E-state index in [0.29, 0.717) is 0 Å². The molecule has 0 radical (unpaired) electrons. The molecule has 0 bridgehead atoms. The Morgan fingerprint density at radius 1 is 1.26 bits per heavy atom. The van der Waals surface area contributed by atoms with E-state index in [0.717, 1.165) is 38.0 Å². The number of hydrogen-bond acceptors (Lipinski definition) is 3. The number of aromatic nitrogens is 1. The molecule has 1 saturated heterocycles. The second-order valence-corrected chi connectivity index (χ2v) is 5.78. The molecular formula is C17H30IN5. The fourth-order valence-electron chi connectivity index (χ4n) is 2.68. The molecule has 23 heavy (non-hydrogen) atoms. The molecule has 0 saturated carbocycles. The van der Waals surface area contributed by atoms with Gasteiger partial charge in [-0.2, -0.15) is 0 Å². The summed E-state index contributed by atoms with van der Waals surface area (Å²) in [6.07, 6.45) is 8.14. The van der Waals surface area contributed by atoms with Crippen LogP contribution in [0.15, 0.2) is 23.3 Å². The van der Waals surface area contributed by atoms with E-state index >= 15 is 0 Å². The molecule has 0 atom stereocenters. The van der Waals surface area contributed by atoms with E-state index in [1.807, 2.05) is 13.2 Å². The van der Waals surface area contributed by atoms with Crippen LogP contribution in [-0.2, 0) is 6.54 Å². The third kappa shape index (κ3) is 6.93. The second-order valence-electron chi connectivity index (χ2n) is 5.78. The summed E-state index contributed by atoms with van der Waals surface area (Å²) in [4.78, 5) is 11.1. The van der Waals surface area contributed by atoms with Crippen LogP contribution in [0.1, 0.15) is 44.6 Å². The largest absolute Gasteiger partial charge is 0.357 e. The molecule has 1 aliphatic rings. The number of pyridine rings is 1. The Hall–Kier alpha value is -1.05. The molecule has 1 aliphatic heterocycles. The van der Waals surface area contributed by atoms with Crippen molar-refractivity contribution in [3.8, 4) is 0 Å². The van der Waals surface area contributed by atoms with Crippen LogP contribution in [0.25, 0.3) is 0 Å². The van der Waals surface area contributed by atoms with Crippen LogP contribution >= 0.6 is 24.0 Å². The van der Waals surface area contributed by atoms with Gasteiger partial charge in [-0.15, -0.1) is 24.0 Å². The Morgan fingerprint density at radius 2 is 2.04 bits per heavy atom. The van der Waals surface area contributed by atoms with E-state index in [1.54, 1.807) is 0 Å². The number of nitrogens with one attached hydrogen (secondary N) is 2. The number of halogens is 1. The summed E-state index contributed by atoms with van der Waals surface area (Å²) in [6.45, 7) is 6.23. The van der Waals surface area contributed by atoms with Gasteiger partial charge in [0.05, 0.1) is 0 Å². The fourth-order valence-corrected chi connectivity index (χ4v) is 2.68. The SMILES string of the molecule is CCCCCNC(=NC)NCc1ccnc(N2CCCC2)c1.I. The highest BCUT2D eigenvalue weighted by atomic mass is 127. The average Bonchev–Trinajstić information content (AvgIpc) is 3.09. The lowest BCUT2D eigenvalue weighted by Crippen LogP contribution is -2.37. The first-order valence-corrected chi connectivity index (χ1v) is 8.48. The molecule has 0 aliphatic carbocycles. The van der Waals surface area contributed by atoms with Gasteiger partial charge in [0, 0.05) is 39.4 Å². The Labute approximate surface area is 157 Å². The Morgan fingerprint density at radius 3 is 2.74 bits per heavy atom. The Balaban J connectivity index is 0.00000264. The third-order valence-corrected chi connectivity index (χ3v) is 4.00. The van der Waals surface area contributed by atoms with Crippen LogP contribution in [0.5, 0.6) is 0 Å². The average molecular weight is 431 g/mol. The van der Waals surface area contributed by atoms with Crippen molar-refractivity contribution in [1.82, 2.24) is 15.6 Å². The zero-order chi connectivity index (χ0) is 15.6. The Bertz CT molecular complexity index is 472. The van der Waals surface area contributed by atoms with E-state index in [-0.39, 0.29) is 24.0 Å². The number of unbranched alkanes of at least 4 members (excludes halogenated alkanes) is 2. The first-order chi connectivity index (χ1) is 10.8. The molecule has 0 aromatic carbocycles. The number of rotatable bonds is 7. The van der Waals surface area contributed by atoms with Crippen LogP contribution in [0, 0.1) is 0 Å². The van der Waals surface area contributed by atoms with Crippen LogP contribution in [-0.4, -0.2) is 37.6 Å². The molecule has 2 rings (SSSR count). The number of nitrogens with zero attached hydrogens (tertiary/aromatic N) is 3. The summed E-state index contributed by atoms with van der Waals surface area (Å²) in [7, 11) is 1.82. The minimum absolute atomic E-state index is 0. The van der Waals surface area contributed by atoms with Gasteiger partial charge in [-0.1, -0.05) is 19.8 Å². The number of hydrogen-bond donors (Lipinski definition) is 2. The topological polar surface area (TPSA) is 52.6 Å². The lowest BCUT2D eigenvalue weighted by molar-refractivity contribution is 0.682. The Kier molecular flexibility index (Phi) is 9.98. The summed E-state index contributed by atoms with van der Waals surface area (Å²) < 4.78 is 0. The van der Waals surface area contributed by atoms with E-state index in [1.165, 1.54) is 37.7 Å². The van der Waals surface area contributed by atoms with Gasteiger partial charge in [-0.3, -0.25) is 4.99 Å². The van der Waals surface area contributed by atoms with Gasteiger partial charge >= 0.3 is 0 Å². The molecular weight excluding hydrogens is 401 g/mol. The maximum Gasteiger partial charge on any atom is 0.191 e. The third-order valence-electron chi connectivity index (χ3n) is 4.00. The number of anilines is 1. The van der Waals surface area contributed by atoms with Gasteiger partial charge in [0.1, 0.15) is 5.82 Å². The molecule has 6 heteroatoms. The summed E-state index contributed by atoms with van der Waals surface area (Å²) in [6, 6.07) is 4.25. The van der Waals surface area contributed by atoms with Crippen molar-refractivity contribution in [2.24, 2.45) is 4.99 Å². The molecule has 2 heterocycles. The van der Waals surface area contributed by atoms with Crippen molar-refractivity contribution in [1.29, 1.82) is 0 Å². The quantitative estimate of drug-likeness (QED) is 0.302. The summed E-state index contributed by atoms with van der Waals surface area (Å²) >= 11 is 0. The van der Waals surface area contributed by atoms with E-state index < -0.39 is 0 Å². The van der Waals surface area contributed by atoms with Gasteiger partial charge in [0.2, 0.25) is 0 Å². The van der Waals surface area contributed by atoms with E-state index in [4.69, 9.17) is 0 Å². The monoisotopic (exact) mass is 431 g/mol. The fraction of sp³-hybridized carbons (Fsp3) is 0.647. The van der Waals surface area contributed by atoms with Crippen molar-refractivity contribution in [2.75, 3.05) is 31.6 Å². The van der Waals surface area contributed by atoms with Crippen molar-refractivity contribution in [2.45, 2.75) is 45.6 Å². The number of guanidine groups is 1. The first kappa shape index (κ1) is 20.0. The minimum Gasteiger partial charge on any atom is -0.357 e. The standard InChI is InChI=1S/C17H29N5.HI/c1-3-4-5-9-20-17(18-2)21-14-15-8-10-19-16(13-15)22-11-6-7-12-22;/h8,10,13H,3-7,9,11-12,14H2,1-2H3,(H2,18,20,21);1H. The van der Waals surface area contributed by atoms with Gasteiger partial charge in [-0.25, -0.2) is 4.98 Å². The highest BCUT2D eigenvalue weighted by Gasteiger charge is 2.13. The lowest BCUT2D eigenvalue weighted by atomic mass is 10.2. The lowest BCUT2D eigenvalue weighted by Gasteiger charge is -2.17. The zero-order valence-corrected chi connectivity index (χ0v) is 16.7. The first-order valence-electron chi connectivity index (χ1n) is 8.48. The number of aliphatic imine (C=N–C) groups is 1. The minimum atomic E-state index is 0. The summed E-state index contributed by atoms with van der Waals surface area (Å²) in [5.74, 6) is 1.97. The molecule has 0 spiro atoms. The van der Waals surface area contributed by atoms with Crippen LogP contribution in [0.2, 0.25) is 0 Å². The normalized spacial score (nSPS) is 14.5. The highest BCUT2D eigenvalue weighted by Crippen LogP contribution is 2.18. The molecule has 0 amide bonds. The van der Waals surface area contributed by atoms with Gasteiger partial charge in [-0.05, 0) is 37.0 Å². The predicted molar refractivity (Wildman–Crippen MR) is 109 cm³/mol. The highest BCUT2D eigenvalue weighted by molar-refractivity contribution is 14.0. The molecule has 130 valence electrons. The van der Waals surface area contributed by atoms with E-state index in [2.05, 4.69) is 44.6 Å². The molecule has 1 fully saturated rings. The zero-order valence-electron chi connectivity index (χ0n) is 14.3. The molecule has 5 nitrogen and oxygen atoms in total. The molecule has 1 aromatic rings. The summed E-state index contributed by atoms with van der Waals surface area (Å²) in [5.41, 5.74) is 1.24. The van der Waals surface area contributed by atoms with Crippen LogP contribution < -0.4 is 15.5 Å². The van der Waals surface area contributed by atoms with Crippen molar-refractivity contribution in [3.63, 3.8) is 0 Å². The van der Waals surface area contributed by atoms with Gasteiger partial charge in [0.25, 0.3) is 0 Å². The molecule has 0 unspecified atom stereocenters. The van der Waals surface area contributed by atoms with Gasteiger partial charge in [0.15, 0.2) is 5.96 Å². The summed E-state index contributed by atoms with van der Waals surface area (Å²) in [5, 5.41) is 6.73. The van der Waals surface area contributed by atoms with Crippen molar-refractivity contribution < 1.29 is 0 Å². The van der Waals surface area contributed by atoms with Gasteiger partial charge < -0.3 is 15.5 Å².